The van der Waals surface area contributed by atoms with E-state index in [4.69, 9.17) is 0 Å². The maximum Gasteiger partial charge on any atom is 0.419 e. The average molecular weight is 344 g/mol. The van der Waals surface area contributed by atoms with E-state index in [1.807, 2.05) is 0 Å². The molecule has 3 rings (SSSR count). The lowest BCUT2D eigenvalue weighted by Crippen LogP contribution is -2.12. The lowest BCUT2D eigenvalue weighted by atomic mass is 9.99. The van der Waals surface area contributed by atoms with E-state index in [-0.39, 0.29) is 11.4 Å². The van der Waals surface area contributed by atoms with E-state index < -0.39 is 17.5 Å². The van der Waals surface area contributed by atoms with Crippen LogP contribution in [0.2, 0.25) is 0 Å². The zero-order valence-corrected chi connectivity index (χ0v) is 12.9. The maximum absolute atomic E-state index is 12.7. The van der Waals surface area contributed by atoms with Crippen LogP contribution in [0.5, 0.6) is 0 Å². The minimum Gasteiger partial charge on any atom is -0.285 e. The zero-order chi connectivity index (χ0) is 18.0. The largest absolute Gasteiger partial charge is 0.419 e. The standard InChI is InChI=1S/C17H11F3N4O/c1-10-3-4-12(15-21-5-2-6-22-15)13(7-10)14(25)16-23-8-11(9-24-16)17(18,19)20/h2-9H,1H3. The van der Waals surface area contributed by atoms with Crippen molar-refractivity contribution in [2.24, 2.45) is 0 Å². The van der Waals surface area contributed by atoms with Gasteiger partial charge in [0.15, 0.2) is 5.82 Å². The maximum atomic E-state index is 12.7. The number of carbonyl (C=O) groups excluding carboxylic acids is 1. The number of benzene rings is 1. The van der Waals surface area contributed by atoms with Crippen molar-refractivity contribution < 1.29 is 18.0 Å². The molecule has 8 heteroatoms. The van der Waals surface area contributed by atoms with Gasteiger partial charge < -0.3 is 0 Å². The van der Waals surface area contributed by atoms with Gasteiger partial charge in [-0.1, -0.05) is 17.7 Å². The summed E-state index contributed by atoms with van der Waals surface area (Å²) in [5.74, 6) is -0.589. The first kappa shape index (κ1) is 16.7. The summed E-state index contributed by atoms with van der Waals surface area (Å²) in [7, 11) is 0. The molecule has 3 aromatic rings. The number of nitrogens with zero attached hydrogens (tertiary/aromatic N) is 4. The van der Waals surface area contributed by atoms with Gasteiger partial charge in [0.05, 0.1) is 5.56 Å². The topological polar surface area (TPSA) is 68.6 Å². The highest BCUT2D eigenvalue weighted by Crippen LogP contribution is 2.28. The number of hydrogen-bond acceptors (Lipinski definition) is 5. The van der Waals surface area contributed by atoms with Crippen molar-refractivity contribution >= 4 is 5.78 Å². The van der Waals surface area contributed by atoms with Crippen molar-refractivity contribution in [3.05, 3.63) is 71.6 Å². The number of carbonyl (C=O) groups is 1. The van der Waals surface area contributed by atoms with E-state index in [1.54, 1.807) is 31.2 Å². The fourth-order valence-corrected chi connectivity index (χ4v) is 2.19. The lowest BCUT2D eigenvalue weighted by molar-refractivity contribution is -0.138. The molecule has 0 spiro atoms. The zero-order valence-electron chi connectivity index (χ0n) is 12.9. The Morgan fingerprint density at radius 1 is 1.00 bits per heavy atom. The number of halogens is 3. The van der Waals surface area contributed by atoms with Gasteiger partial charge in [0.25, 0.3) is 0 Å². The molecule has 0 radical (unpaired) electrons. The Labute approximate surface area is 140 Å². The van der Waals surface area contributed by atoms with E-state index in [2.05, 4.69) is 19.9 Å². The molecular weight excluding hydrogens is 333 g/mol. The molecule has 0 N–H and O–H groups in total. The molecule has 0 unspecified atom stereocenters. The normalized spacial score (nSPS) is 11.4. The Bertz CT molecular complexity index is 909. The average Bonchev–Trinajstić information content (AvgIpc) is 2.61. The molecule has 0 fully saturated rings. The van der Waals surface area contributed by atoms with Crippen molar-refractivity contribution in [1.29, 1.82) is 0 Å². The summed E-state index contributed by atoms with van der Waals surface area (Å²) >= 11 is 0. The molecule has 0 aliphatic heterocycles. The summed E-state index contributed by atoms with van der Waals surface area (Å²) in [5, 5.41) is 0. The number of alkyl halides is 3. The first-order valence-corrected chi connectivity index (χ1v) is 7.18. The first-order valence-electron chi connectivity index (χ1n) is 7.18. The van der Waals surface area contributed by atoms with E-state index in [1.165, 1.54) is 12.4 Å². The van der Waals surface area contributed by atoms with Crippen LogP contribution in [0.15, 0.2) is 49.1 Å². The Hall–Kier alpha value is -3.16. The molecule has 0 aliphatic carbocycles. The lowest BCUT2D eigenvalue weighted by Gasteiger charge is -2.09. The molecule has 25 heavy (non-hydrogen) atoms. The van der Waals surface area contributed by atoms with Crippen molar-refractivity contribution in [1.82, 2.24) is 19.9 Å². The number of aromatic nitrogens is 4. The molecule has 126 valence electrons. The Kier molecular flexibility index (Phi) is 4.26. The van der Waals surface area contributed by atoms with Gasteiger partial charge in [-0.15, -0.1) is 0 Å². The van der Waals surface area contributed by atoms with Crippen LogP contribution >= 0.6 is 0 Å². The van der Waals surface area contributed by atoms with Crippen LogP contribution in [0, 0.1) is 6.92 Å². The number of aryl methyl sites for hydroxylation is 1. The number of rotatable bonds is 3. The number of hydrogen-bond donors (Lipinski definition) is 0. The molecule has 0 atom stereocenters. The second-order valence-electron chi connectivity index (χ2n) is 5.24. The molecule has 0 bridgehead atoms. The summed E-state index contributed by atoms with van der Waals surface area (Å²) in [4.78, 5) is 28.0. The summed E-state index contributed by atoms with van der Waals surface area (Å²) in [6.07, 6.45) is -0.312. The highest BCUT2D eigenvalue weighted by molar-refractivity contribution is 6.10. The highest BCUT2D eigenvalue weighted by atomic mass is 19.4. The van der Waals surface area contributed by atoms with Gasteiger partial charge in [-0.3, -0.25) is 4.79 Å². The smallest absolute Gasteiger partial charge is 0.285 e. The van der Waals surface area contributed by atoms with Crippen LogP contribution in [0.25, 0.3) is 11.4 Å². The predicted octanol–water partition coefficient (Wildman–Crippen LogP) is 3.49. The van der Waals surface area contributed by atoms with Crippen LogP contribution in [0.4, 0.5) is 13.2 Å². The first-order chi connectivity index (χ1) is 11.9. The molecule has 2 heterocycles. The fourth-order valence-electron chi connectivity index (χ4n) is 2.19. The third-order valence-corrected chi connectivity index (χ3v) is 3.41. The van der Waals surface area contributed by atoms with Crippen molar-refractivity contribution in [3.8, 4) is 11.4 Å². The van der Waals surface area contributed by atoms with Crippen LogP contribution in [0.1, 0.15) is 27.3 Å². The summed E-state index contributed by atoms with van der Waals surface area (Å²) < 4.78 is 37.8. The van der Waals surface area contributed by atoms with Crippen LogP contribution in [-0.4, -0.2) is 25.7 Å². The molecule has 1 aromatic carbocycles. The number of ketones is 1. The van der Waals surface area contributed by atoms with Gasteiger partial charge in [0.2, 0.25) is 11.6 Å². The molecular formula is C17H11F3N4O. The summed E-state index contributed by atoms with van der Waals surface area (Å²) in [5.41, 5.74) is 0.473. The highest BCUT2D eigenvalue weighted by Gasteiger charge is 2.32. The molecule has 0 aliphatic rings. The Morgan fingerprint density at radius 2 is 1.64 bits per heavy atom. The van der Waals surface area contributed by atoms with Crippen molar-refractivity contribution in [2.45, 2.75) is 13.1 Å². The van der Waals surface area contributed by atoms with Gasteiger partial charge in [-0.2, -0.15) is 13.2 Å². The van der Waals surface area contributed by atoms with Gasteiger partial charge in [0, 0.05) is 35.9 Å². The fraction of sp³-hybridized carbons (Fsp3) is 0.118. The molecule has 0 saturated heterocycles. The van der Waals surface area contributed by atoms with Crippen LogP contribution in [-0.2, 0) is 6.18 Å². The van der Waals surface area contributed by atoms with Crippen molar-refractivity contribution in [3.63, 3.8) is 0 Å². The van der Waals surface area contributed by atoms with Crippen molar-refractivity contribution in [2.75, 3.05) is 0 Å². The minimum absolute atomic E-state index is 0.228. The van der Waals surface area contributed by atoms with E-state index >= 15 is 0 Å². The van der Waals surface area contributed by atoms with Gasteiger partial charge in [-0.25, -0.2) is 19.9 Å². The van der Waals surface area contributed by atoms with Gasteiger partial charge >= 0.3 is 6.18 Å². The van der Waals surface area contributed by atoms with Crippen LogP contribution < -0.4 is 0 Å². The van der Waals surface area contributed by atoms with E-state index in [0.717, 1.165) is 5.56 Å². The SMILES string of the molecule is Cc1ccc(-c2ncccn2)c(C(=O)c2ncc(C(F)(F)F)cn2)c1. The van der Waals surface area contributed by atoms with Gasteiger partial charge in [0.1, 0.15) is 0 Å². The second kappa shape index (κ2) is 6.39. The predicted molar refractivity (Wildman–Crippen MR) is 82.7 cm³/mol. The molecule has 2 aromatic heterocycles. The second-order valence-corrected chi connectivity index (χ2v) is 5.24. The Balaban J connectivity index is 2.04. The monoisotopic (exact) mass is 344 g/mol. The van der Waals surface area contributed by atoms with E-state index in [9.17, 15) is 18.0 Å². The summed E-state index contributed by atoms with van der Waals surface area (Å²) in [6.45, 7) is 1.79. The van der Waals surface area contributed by atoms with Crippen LogP contribution in [0.3, 0.4) is 0 Å². The van der Waals surface area contributed by atoms with E-state index in [0.29, 0.717) is 23.8 Å². The molecule has 0 saturated carbocycles. The Morgan fingerprint density at radius 3 is 2.24 bits per heavy atom. The molecule has 5 nitrogen and oxygen atoms in total. The summed E-state index contributed by atoms with van der Waals surface area (Å²) in [6, 6.07) is 6.71. The van der Waals surface area contributed by atoms with Gasteiger partial charge in [-0.05, 0) is 19.1 Å². The quantitative estimate of drug-likeness (QED) is 0.680. The third kappa shape index (κ3) is 3.52. The molecule has 0 amide bonds. The minimum atomic E-state index is -4.56. The third-order valence-electron chi connectivity index (χ3n) is 3.41.